The van der Waals surface area contributed by atoms with Crippen LogP contribution in [0, 0.1) is 11.8 Å². The highest BCUT2D eigenvalue weighted by Gasteiger charge is 2.58. The van der Waals surface area contributed by atoms with Gasteiger partial charge in [0.15, 0.2) is 6.23 Å². The maximum absolute atomic E-state index is 14.9. The number of nitrogens with zero attached hydrogens (tertiary/aromatic N) is 1. The van der Waals surface area contributed by atoms with Crippen LogP contribution in [-0.4, -0.2) is 47.9 Å². The van der Waals surface area contributed by atoms with Gasteiger partial charge in [-0.2, -0.15) is 22.3 Å². The minimum Gasteiger partial charge on any atom is -0.367 e. The summed E-state index contributed by atoms with van der Waals surface area (Å²) in [6, 6.07) is 15.6. The first kappa shape index (κ1) is 24.5. The van der Waals surface area contributed by atoms with Crippen molar-refractivity contribution >= 4 is 33.1 Å². The first-order valence-electron chi connectivity index (χ1n) is 11.6. The number of alkyl halides is 2. The van der Waals surface area contributed by atoms with Crippen molar-refractivity contribution in [2.75, 3.05) is 0 Å². The average Bonchev–Trinajstić information content (AvgIpc) is 3.55. The lowest BCUT2D eigenvalue weighted by Gasteiger charge is -2.26. The van der Waals surface area contributed by atoms with Gasteiger partial charge in [0.05, 0.1) is 5.57 Å². The number of hydrogen-bond donors (Lipinski definition) is 2. The summed E-state index contributed by atoms with van der Waals surface area (Å²) >= 11 is 0. The van der Waals surface area contributed by atoms with Crippen LogP contribution in [-0.2, 0) is 24.0 Å². The van der Waals surface area contributed by atoms with Crippen molar-refractivity contribution < 1.29 is 36.2 Å². The standard InChI is InChI=1S/C25H24F2N2O6S/c26-25(27,24(32)28-19-14-15-11-12-18(19)13-15)36(33,34)35-29-22(30)20(16-7-3-1-4-8-16)21(23(29)31)17-9-5-2-6-10-17/h1-10,15,18-19,22,30H,11-14H2,(H,28,32). The smallest absolute Gasteiger partial charge is 0.367 e. The molecule has 1 heterocycles. The van der Waals surface area contributed by atoms with E-state index < -0.39 is 39.5 Å². The van der Waals surface area contributed by atoms with Gasteiger partial charge in [-0.3, -0.25) is 9.59 Å². The lowest BCUT2D eigenvalue weighted by atomic mass is 9.95. The first-order valence-corrected chi connectivity index (χ1v) is 13.0. The van der Waals surface area contributed by atoms with Crippen LogP contribution in [0.3, 0.4) is 0 Å². The summed E-state index contributed by atoms with van der Waals surface area (Å²) in [5, 5.41) is 8.02. The lowest BCUT2D eigenvalue weighted by molar-refractivity contribution is -0.172. The minimum absolute atomic E-state index is 0.0169. The Bertz CT molecular complexity index is 1320. The number of fused-ring (bicyclic) bond motifs is 2. The molecule has 4 atom stereocenters. The van der Waals surface area contributed by atoms with Crippen LogP contribution < -0.4 is 5.32 Å². The number of rotatable bonds is 7. The topological polar surface area (TPSA) is 113 Å². The molecule has 0 saturated heterocycles. The Kier molecular flexibility index (Phi) is 6.17. The summed E-state index contributed by atoms with van der Waals surface area (Å²) in [5.41, 5.74) is 0.558. The molecule has 1 aliphatic heterocycles. The Morgan fingerprint density at radius 1 is 1.00 bits per heavy atom. The number of benzene rings is 2. The SMILES string of the molecule is O=C1C(c2ccccc2)=C(c2ccccc2)C(O)N1OS(=O)(=O)C(F)(F)C(=O)NC1CC2CCC1C2. The molecule has 8 nitrogen and oxygen atoms in total. The van der Waals surface area contributed by atoms with Crippen LogP contribution in [0.2, 0.25) is 0 Å². The monoisotopic (exact) mass is 518 g/mol. The van der Waals surface area contributed by atoms with Crippen LogP contribution in [0.5, 0.6) is 0 Å². The van der Waals surface area contributed by atoms with Crippen molar-refractivity contribution in [3.05, 3.63) is 71.8 Å². The second-order valence-corrected chi connectivity index (χ2v) is 10.9. The van der Waals surface area contributed by atoms with Gasteiger partial charge in [-0.1, -0.05) is 67.1 Å². The van der Waals surface area contributed by atoms with E-state index in [9.17, 15) is 31.9 Å². The van der Waals surface area contributed by atoms with Crippen LogP contribution in [0.25, 0.3) is 11.1 Å². The van der Waals surface area contributed by atoms with E-state index in [1.54, 1.807) is 60.7 Å². The second kappa shape index (κ2) is 9.06. The van der Waals surface area contributed by atoms with Gasteiger partial charge in [0.2, 0.25) is 0 Å². The summed E-state index contributed by atoms with van der Waals surface area (Å²) in [7, 11) is -6.00. The van der Waals surface area contributed by atoms with Gasteiger partial charge in [-0.25, -0.2) is 0 Å². The number of hydroxylamine groups is 2. The highest BCUT2D eigenvalue weighted by atomic mass is 32.2. The van der Waals surface area contributed by atoms with Gasteiger partial charge < -0.3 is 10.4 Å². The number of hydrogen-bond acceptors (Lipinski definition) is 6. The van der Waals surface area contributed by atoms with Crippen LogP contribution in [0.1, 0.15) is 36.8 Å². The van der Waals surface area contributed by atoms with Gasteiger partial charge >= 0.3 is 21.3 Å². The third kappa shape index (κ3) is 4.10. The quantitative estimate of drug-likeness (QED) is 0.583. The maximum Gasteiger partial charge on any atom is 0.448 e. The molecular formula is C25H24F2N2O6S. The number of carbonyl (C=O) groups is 2. The van der Waals surface area contributed by atoms with E-state index in [4.69, 9.17) is 0 Å². The van der Waals surface area contributed by atoms with Crippen molar-refractivity contribution in [3.63, 3.8) is 0 Å². The number of amides is 2. The predicted octanol–water partition coefficient (Wildman–Crippen LogP) is 2.92. The summed E-state index contributed by atoms with van der Waals surface area (Å²) in [4.78, 5) is 25.6. The van der Waals surface area contributed by atoms with E-state index in [2.05, 4.69) is 9.60 Å². The molecule has 2 fully saturated rings. The molecule has 0 radical (unpaired) electrons. The van der Waals surface area contributed by atoms with Crippen molar-refractivity contribution in [3.8, 4) is 0 Å². The molecule has 5 rings (SSSR count). The van der Waals surface area contributed by atoms with Gasteiger partial charge in [0.1, 0.15) is 0 Å². The summed E-state index contributed by atoms with van der Waals surface area (Å²) < 4.78 is 59.5. The largest absolute Gasteiger partial charge is 0.448 e. The van der Waals surface area contributed by atoms with E-state index >= 15 is 0 Å². The third-order valence-corrected chi connectivity index (χ3v) is 8.29. The fourth-order valence-electron chi connectivity index (χ4n) is 5.39. The summed E-state index contributed by atoms with van der Waals surface area (Å²) in [5.74, 6) is -2.79. The van der Waals surface area contributed by atoms with Gasteiger partial charge in [-0.15, -0.1) is 4.28 Å². The molecule has 0 aromatic heterocycles. The van der Waals surface area contributed by atoms with E-state index in [0.29, 0.717) is 23.5 Å². The van der Waals surface area contributed by atoms with Crippen molar-refractivity contribution in [2.24, 2.45) is 11.8 Å². The molecule has 190 valence electrons. The molecule has 3 aliphatic rings. The normalized spacial score (nSPS) is 26.1. The third-order valence-electron chi connectivity index (χ3n) is 7.12. The highest BCUT2D eigenvalue weighted by Crippen LogP contribution is 2.45. The Labute approximate surface area is 206 Å². The summed E-state index contributed by atoms with van der Waals surface area (Å²) in [6.07, 6.45) is 1.06. The Morgan fingerprint density at radius 2 is 1.61 bits per heavy atom. The molecule has 2 aromatic carbocycles. The van der Waals surface area contributed by atoms with E-state index in [1.165, 1.54) is 0 Å². The lowest BCUT2D eigenvalue weighted by Crippen LogP contribution is -2.53. The molecule has 36 heavy (non-hydrogen) atoms. The van der Waals surface area contributed by atoms with E-state index in [-0.39, 0.29) is 22.1 Å². The molecule has 2 aliphatic carbocycles. The predicted molar refractivity (Wildman–Crippen MR) is 125 cm³/mol. The number of halogens is 2. The zero-order valence-electron chi connectivity index (χ0n) is 19.0. The first-order chi connectivity index (χ1) is 17.1. The highest BCUT2D eigenvalue weighted by molar-refractivity contribution is 7.88. The van der Waals surface area contributed by atoms with E-state index in [0.717, 1.165) is 19.3 Å². The molecule has 0 spiro atoms. The van der Waals surface area contributed by atoms with Gasteiger partial charge in [-0.05, 0) is 42.2 Å². The van der Waals surface area contributed by atoms with Crippen LogP contribution in [0.15, 0.2) is 60.7 Å². The average molecular weight is 519 g/mol. The number of aliphatic hydroxyl groups excluding tert-OH is 1. The molecule has 11 heteroatoms. The Morgan fingerprint density at radius 3 is 2.17 bits per heavy atom. The van der Waals surface area contributed by atoms with Crippen molar-refractivity contribution in [1.82, 2.24) is 10.4 Å². The Balaban J connectivity index is 1.41. The van der Waals surface area contributed by atoms with Gasteiger partial charge in [0.25, 0.3) is 5.91 Å². The van der Waals surface area contributed by atoms with Crippen molar-refractivity contribution in [1.29, 1.82) is 0 Å². The fourth-order valence-corrected chi connectivity index (χ4v) is 6.13. The summed E-state index contributed by atoms with van der Waals surface area (Å²) in [6.45, 7) is 0. The van der Waals surface area contributed by atoms with Crippen molar-refractivity contribution in [2.45, 2.75) is 43.2 Å². The number of nitrogens with one attached hydrogen (secondary N) is 1. The zero-order chi connectivity index (χ0) is 25.7. The van der Waals surface area contributed by atoms with E-state index in [1.807, 2.05) is 0 Å². The second-order valence-electron chi connectivity index (χ2n) is 9.33. The fraction of sp³-hybridized carbons (Fsp3) is 0.360. The maximum atomic E-state index is 14.9. The van der Waals surface area contributed by atoms with Gasteiger partial charge in [0, 0.05) is 11.6 Å². The van der Waals surface area contributed by atoms with Crippen LogP contribution in [0.4, 0.5) is 8.78 Å². The minimum atomic E-state index is -6.00. The molecule has 2 amide bonds. The Hall–Kier alpha value is -3.15. The van der Waals surface area contributed by atoms with Crippen LogP contribution >= 0.6 is 0 Å². The molecule has 2 aromatic rings. The number of carbonyl (C=O) groups excluding carboxylic acids is 2. The molecule has 2 saturated carbocycles. The molecular weight excluding hydrogens is 494 g/mol. The molecule has 4 unspecified atom stereocenters. The zero-order valence-corrected chi connectivity index (χ0v) is 19.8. The number of aliphatic hydroxyl groups is 1. The molecule has 2 bridgehead atoms. The molecule has 2 N–H and O–H groups in total.